The first-order valence-corrected chi connectivity index (χ1v) is 7.44. The molecule has 0 spiro atoms. The van der Waals surface area contributed by atoms with E-state index in [9.17, 15) is 9.59 Å². The molecule has 5 heteroatoms. The molecule has 0 heterocycles. The molecule has 1 fully saturated rings. The number of rotatable bonds is 4. The number of benzene rings is 1. The highest BCUT2D eigenvalue weighted by atomic mass is 16.4. The first kappa shape index (κ1) is 13.9. The number of urea groups is 1. The Hall–Kier alpha value is -2.04. The van der Waals surface area contributed by atoms with Crippen LogP contribution in [0.1, 0.15) is 30.4 Å². The summed E-state index contributed by atoms with van der Waals surface area (Å²) in [6.45, 7) is 0.220. The first-order chi connectivity index (χ1) is 10.1. The molecule has 2 aliphatic carbocycles. The molecule has 0 saturated heterocycles. The number of aryl methyl sites for hydroxylation is 1. The Bertz CT molecular complexity index is 566. The van der Waals surface area contributed by atoms with Crippen LogP contribution in [-0.2, 0) is 17.6 Å². The van der Waals surface area contributed by atoms with Gasteiger partial charge in [0, 0.05) is 12.6 Å². The zero-order valence-corrected chi connectivity index (χ0v) is 11.9. The molecule has 1 atom stereocenters. The van der Waals surface area contributed by atoms with Crippen molar-refractivity contribution in [2.24, 2.45) is 5.41 Å². The molecule has 1 unspecified atom stereocenters. The fourth-order valence-electron chi connectivity index (χ4n) is 2.92. The van der Waals surface area contributed by atoms with E-state index in [0.29, 0.717) is 12.8 Å². The van der Waals surface area contributed by atoms with Crippen LogP contribution < -0.4 is 10.6 Å². The zero-order chi connectivity index (χ0) is 14.9. The highest BCUT2D eigenvalue weighted by Gasteiger charge is 2.50. The van der Waals surface area contributed by atoms with Crippen LogP contribution in [0.25, 0.3) is 0 Å². The number of amides is 2. The van der Waals surface area contributed by atoms with Crippen molar-refractivity contribution in [2.75, 3.05) is 6.54 Å². The van der Waals surface area contributed by atoms with Gasteiger partial charge in [0.25, 0.3) is 0 Å². The molecule has 112 valence electrons. The van der Waals surface area contributed by atoms with Crippen LogP contribution in [0.15, 0.2) is 24.3 Å². The maximum absolute atomic E-state index is 11.9. The standard InChI is InChI=1S/C16H20N2O3/c19-14(20)16(7-8-16)10-17-15(21)18-13-6-5-11-3-1-2-4-12(11)9-13/h1-4,13H,5-10H2,(H,19,20)(H2,17,18,21). The van der Waals surface area contributed by atoms with Gasteiger partial charge in [-0.1, -0.05) is 24.3 Å². The minimum absolute atomic E-state index is 0.125. The number of nitrogens with one attached hydrogen (secondary N) is 2. The van der Waals surface area contributed by atoms with E-state index in [1.807, 2.05) is 12.1 Å². The third-order valence-corrected chi connectivity index (χ3v) is 4.58. The van der Waals surface area contributed by atoms with E-state index >= 15 is 0 Å². The van der Waals surface area contributed by atoms with Crippen LogP contribution in [0.5, 0.6) is 0 Å². The predicted octanol–water partition coefficient (Wildman–Crippen LogP) is 1.71. The van der Waals surface area contributed by atoms with E-state index in [4.69, 9.17) is 5.11 Å². The van der Waals surface area contributed by atoms with Crippen molar-refractivity contribution in [1.82, 2.24) is 10.6 Å². The fourth-order valence-corrected chi connectivity index (χ4v) is 2.92. The molecule has 5 nitrogen and oxygen atoms in total. The molecule has 1 saturated carbocycles. The Morgan fingerprint density at radius 3 is 2.62 bits per heavy atom. The van der Waals surface area contributed by atoms with E-state index in [0.717, 1.165) is 19.3 Å². The lowest BCUT2D eigenvalue weighted by Crippen LogP contribution is -2.46. The van der Waals surface area contributed by atoms with Crippen LogP contribution >= 0.6 is 0 Å². The second-order valence-corrected chi connectivity index (χ2v) is 6.12. The largest absolute Gasteiger partial charge is 0.481 e. The van der Waals surface area contributed by atoms with Gasteiger partial charge in [-0.25, -0.2) is 4.79 Å². The van der Waals surface area contributed by atoms with Gasteiger partial charge >= 0.3 is 12.0 Å². The van der Waals surface area contributed by atoms with Gasteiger partial charge in [-0.3, -0.25) is 4.79 Å². The molecule has 0 bridgehead atoms. The van der Waals surface area contributed by atoms with Crippen LogP contribution in [0, 0.1) is 5.41 Å². The quantitative estimate of drug-likeness (QED) is 0.789. The Morgan fingerprint density at radius 2 is 1.95 bits per heavy atom. The van der Waals surface area contributed by atoms with Gasteiger partial charge in [-0.15, -0.1) is 0 Å². The highest BCUT2D eigenvalue weighted by molar-refractivity contribution is 5.80. The van der Waals surface area contributed by atoms with Crippen LogP contribution in [0.2, 0.25) is 0 Å². The number of carboxylic acid groups (broad SMARTS) is 1. The second kappa shape index (κ2) is 5.39. The molecule has 21 heavy (non-hydrogen) atoms. The van der Waals surface area contributed by atoms with Crippen molar-refractivity contribution >= 4 is 12.0 Å². The number of carbonyl (C=O) groups excluding carboxylic acids is 1. The predicted molar refractivity (Wildman–Crippen MR) is 78.1 cm³/mol. The van der Waals surface area contributed by atoms with Crippen LogP contribution in [-0.4, -0.2) is 29.7 Å². The maximum Gasteiger partial charge on any atom is 0.315 e. The minimum Gasteiger partial charge on any atom is -0.481 e. The average molecular weight is 288 g/mol. The molecule has 1 aromatic rings. The van der Waals surface area contributed by atoms with Crippen molar-refractivity contribution in [3.05, 3.63) is 35.4 Å². The normalized spacial score (nSPS) is 22.0. The third-order valence-electron chi connectivity index (χ3n) is 4.58. The molecule has 3 rings (SSSR count). The lowest BCUT2D eigenvalue weighted by molar-refractivity contribution is -0.143. The highest BCUT2D eigenvalue weighted by Crippen LogP contribution is 2.45. The monoisotopic (exact) mass is 288 g/mol. The Morgan fingerprint density at radius 1 is 1.24 bits per heavy atom. The summed E-state index contributed by atoms with van der Waals surface area (Å²) in [5, 5.41) is 14.7. The summed E-state index contributed by atoms with van der Waals surface area (Å²) in [5.41, 5.74) is 1.94. The number of fused-ring (bicyclic) bond motifs is 1. The van der Waals surface area contributed by atoms with Crippen LogP contribution in [0.4, 0.5) is 4.79 Å². The van der Waals surface area contributed by atoms with Gasteiger partial charge in [0.05, 0.1) is 5.41 Å². The average Bonchev–Trinajstić information content (AvgIpc) is 3.26. The molecule has 0 aromatic heterocycles. The molecule has 0 radical (unpaired) electrons. The molecular formula is C16H20N2O3. The van der Waals surface area contributed by atoms with E-state index < -0.39 is 11.4 Å². The summed E-state index contributed by atoms with van der Waals surface area (Å²) in [4.78, 5) is 23.0. The Labute approximate surface area is 123 Å². The molecule has 1 aromatic carbocycles. The number of aliphatic carboxylic acids is 1. The SMILES string of the molecule is O=C(NCC1(C(=O)O)CC1)NC1CCc2ccccc2C1. The third kappa shape index (κ3) is 3.01. The Kier molecular flexibility index (Phi) is 3.57. The van der Waals surface area contributed by atoms with Crippen molar-refractivity contribution in [2.45, 2.75) is 38.1 Å². The van der Waals surface area contributed by atoms with Gasteiger partial charge in [0.2, 0.25) is 0 Å². The van der Waals surface area contributed by atoms with Crippen molar-refractivity contribution < 1.29 is 14.7 Å². The smallest absolute Gasteiger partial charge is 0.315 e. The number of carboxylic acids is 1. The van der Waals surface area contributed by atoms with Crippen LogP contribution in [0.3, 0.4) is 0 Å². The summed E-state index contributed by atoms with van der Waals surface area (Å²) in [6, 6.07) is 8.16. The lowest BCUT2D eigenvalue weighted by atomic mass is 9.88. The summed E-state index contributed by atoms with van der Waals surface area (Å²) in [6.07, 6.45) is 4.04. The van der Waals surface area contributed by atoms with Gasteiger partial charge in [0.1, 0.15) is 0 Å². The summed E-state index contributed by atoms with van der Waals surface area (Å²) >= 11 is 0. The van der Waals surface area contributed by atoms with E-state index in [-0.39, 0.29) is 18.6 Å². The number of carbonyl (C=O) groups is 2. The van der Waals surface area contributed by atoms with Gasteiger partial charge in [-0.2, -0.15) is 0 Å². The molecule has 3 N–H and O–H groups in total. The van der Waals surface area contributed by atoms with Crippen molar-refractivity contribution in [3.8, 4) is 0 Å². The molecule has 2 amide bonds. The van der Waals surface area contributed by atoms with Gasteiger partial charge in [-0.05, 0) is 43.2 Å². The van der Waals surface area contributed by atoms with E-state index in [1.54, 1.807) is 0 Å². The van der Waals surface area contributed by atoms with Crippen molar-refractivity contribution in [1.29, 1.82) is 0 Å². The Balaban J connectivity index is 1.49. The first-order valence-electron chi connectivity index (χ1n) is 7.44. The molecule has 2 aliphatic rings. The minimum atomic E-state index is -0.811. The molecular weight excluding hydrogens is 268 g/mol. The van der Waals surface area contributed by atoms with E-state index in [1.165, 1.54) is 11.1 Å². The summed E-state index contributed by atoms with van der Waals surface area (Å²) < 4.78 is 0. The number of hydrogen-bond acceptors (Lipinski definition) is 2. The fraction of sp³-hybridized carbons (Fsp3) is 0.500. The lowest BCUT2D eigenvalue weighted by Gasteiger charge is -2.25. The number of hydrogen-bond donors (Lipinski definition) is 3. The van der Waals surface area contributed by atoms with Gasteiger partial charge in [0.15, 0.2) is 0 Å². The zero-order valence-electron chi connectivity index (χ0n) is 11.9. The van der Waals surface area contributed by atoms with Crippen molar-refractivity contribution in [3.63, 3.8) is 0 Å². The maximum atomic E-state index is 11.9. The second-order valence-electron chi connectivity index (χ2n) is 6.12. The summed E-state index contributed by atoms with van der Waals surface area (Å²) in [7, 11) is 0. The van der Waals surface area contributed by atoms with Gasteiger partial charge < -0.3 is 15.7 Å². The van der Waals surface area contributed by atoms with E-state index in [2.05, 4.69) is 22.8 Å². The molecule has 0 aliphatic heterocycles. The summed E-state index contributed by atoms with van der Waals surface area (Å²) in [5.74, 6) is -0.811. The topological polar surface area (TPSA) is 78.4 Å².